The molecule has 4 nitrogen and oxygen atoms in total. The minimum absolute atomic E-state index is 0.00130. The molecule has 0 fully saturated rings. The maximum absolute atomic E-state index is 6.06. The third-order valence-electron chi connectivity index (χ3n) is 2.57. The van der Waals surface area contributed by atoms with Gasteiger partial charge >= 0.3 is 0 Å². The maximum atomic E-state index is 6.06. The zero-order valence-corrected chi connectivity index (χ0v) is 9.37. The highest BCUT2D eigenvalue weighted by atomic mass is 15.2. The van der Waals surface area contributed by atoms with E-state index < -0.39 is 0 Å². The van der Waals surface area contributed by atoms with Gasteiger partial charge in [0, 0.05) is 25.5 Å². The van der Waals surface area contributed by atoms with Crippen LogP contribution in [0.4, 0.5) is 0 Å². The molecule has 4 heteroatoms. The Morgan fingerprint density at radius 2 is 2.31 bits per heavy atom. The van der Waals surface area contributed by atoms with Crippen LogP contribution in [0.2, 0.25) is 0 Å². The van der Waals surface area contributed by atoms with Gasteiger partial charge in [-0.1, -0.05) is 6.07 Å². The fourth-order valence-electron chi connectivity index (χ4n) is 1.67. The van der Waals surface area contributed by atoms with Crippen molar-refractivity contribution in [2.45, 2.75) is 18.9 Å². The van der Waals surface area contributed by atoms with E-state index in [-0.39, 0.29) is 6.04 Å². The van der Waals surface area contributed by atoms with Crippen LogP contribution in [0.25, 0.3) is 0 Å². The predicted octanol–water partition coefficient (Wildman–Crippen LogP) is 1.45. The standard InChI is InChI=1S/C12H16N4/c1-16-9-10(8-15-16)5-6-11(13)12-4-2-3-7-14-12/h2-4,7-9,11H,5-6,13H2,1H3. The van der Waals surface area contributed by atoms with Crippen LogP contribution in [0.3, 0.4) is 0 Å². The van der Waals surface area contributed by atoms with Gasteiger partial charge in [-0.05, 0) is 30.5 Å². The highest BCUT2D eigenvalue weighted by molar-refractivity contribution is 5.10. The molecule has 0 radical (unpaired) electrons. The van der Waals surface area contributed by atoms with Crippen molar-refractivity contribution in [3.8, 4) is 0 Å². The molecule has 2 rings (SSSR count). The second-order valence-electron chi connectivity index (χ2n) is 3.92. The molecule has 2 aromatic rings. The molecule has 2 heterocycles. The van der Waals surface area contributed by atoms with E-state index in [4.69, 9.17) is 5.73 Å². The van der Waals surface area contributed by atoms with Gasteiger partial charge in [0.2, 0.25) is 0 Å². The van der Waals surface area contributed by atoms with Crippen molar-refractivity contribution in [1.82, 2.24) is 14.8 Å². The van der Waals surface area contributed by atoms with E-state index in [1.807, 2.05) is 42.3 Å². The van der Waals surface area contributed by atoms with Gasteiger partial charge in [0.05, 0.1) is 11.9 Å². The van der Waals surface area contributed by atoms with Gasteiger partial charge in [-0.3, -0.25) is 9.67 Å². The first kappa shape index (κ1) is 10.8. The smallest absolute Gasteiger partial charge is 0.0571 e. The number of nitrogens with two attached hydrogens (primary N) is 1. The molecule has 0 saturated carbocycles. The van der Waals surface area contributed by atoms with E-state index in [0.717, 1.165) is 18.5 Å². The lowest BCUT2D eigenvalue weighted by molar-refractivity contribution is 0.633. The minimum Gasteiger partial charge on any atom is -0.323 e. The lowest BCUT2D eigenvalue weighted by Gasteiger charge is -2.09. The Balaban J connectivity index is 1.91. The zero-order chi connectivity index (χ0) is 11.4. The average Bonchev–Trinajstić information content (AvgIpc) is 2.73. The highest BCUT2D eigenvalue weighted by Crippen LogP contribution is 2.13. The highest BCUT2D eigenvalue weighted by Gasteiger charge is 2.07. The van der Waals surface area contributed by atoms with E-state index in [0.29, 0.717) is 0 Å². The summed E-state index contributed by atoms with van der Waals surface area (Å²) in [5, 5.41) is 4.13. The van der Waals surface area contributed by atoms with Gasteiger partial charge in [0.15, 0.2) is 0 Å². The predicted molar refractivity (Wildman–Crippen MR) is 62.7 cm³/mol. The summed E-state index contributed by atoms with van der Waals surface area (Å²) in [6, 6.07) is 5.83. The number of aryl methyl sites for hydroxylation is 2. The molecule has 16 heavy (non-hydrogen) atoms. The molecule has 0 aliphatic rings. The van der Waals surface area contributed by atoms with Gasteiger partial charge < -0.3 is 5.73 Å². The molecule has 0 aliphatic carbocycles. The quantitative estimate of drug-likeness (QED) is 0.841. The van der Waals surface area contributed by atoms with Gasteiger partial charge in [-0.15, -0.1) is 0 Å². The minimum atomic E-state index is 0.00130. The van der Waals surface area contributed by atoms with E-state index in [2.05, 4.69) is 10.1 Å². The van der Waals surface area contributed by atoms with E-state index in [9.17, 15) is 0 Å². The van der Waals surface area contributed by atoms with E-state index in [1.165, 1.54) is 5.56 Å². The normalized spacial score (nSPS) is 12.6. The van der Waals surface area contributed by atoms with Crippen molar-refractivity contribution in [3.63, 3.8) is 0 Å². The number of rotatable bonds is 4. The molecule has 0 saturated heterocycles. The summed E-state index contributed by atoms with van der Waals surface area (Å²) in [6.45, 7) is 0. The molecule has 0 amide bonds. The van der Waals surface area contributed by atoms with Crippen LogP contribution in [-0.4, -0.2) is 14.8 Å². The molecule has 2 aromatic heterocycles. The second kappa shape index (κ2) is 4.90. The molecular formula is C12H16N4. The van der Waals surface area contributed by atoms with Crippen LogP contribution < -0.4 is 5.73 Å². The topological polar surface area (TPSA) is 56.7 Å². The molecule has 0 spiro atoms. The summed E-state index contributed by atoms with van der Waals surface area (Å²) < 4.78 is 1.81. The third kappa shape index (κ3) is 2.67. The fourth-order valence-corrected chi connectivity index (χ4v) is 1.67. The number of pyridine rings is 1. The van der Waals surface area contributed by atoms with Gasteiger partial charge in [-0.2, -0.15) is 5.10 Å². The van der Waals surface area contributed by atoms with E-state index in [1.54, 1.807) is 6.20 Å². The van der Waals surface area contributed by atoms with Crippen molar-refractivity contribution in [2.75, 3.05) is 0 Å². The Morgan fingerprint density at radius 1 is 1.44 bits per heavy atom. The first-order valence-corrected chi connectivity index (χ1v) is 5.40. The Morgan fingerprint density at radius 3 is 2.94 bits per heavy atom. The Bertz CT molecular complexity index is 435. The lowest BCUT2D eigenvalue weighted by atomic mass is 10.1. The van der Waals surface area contributed by atoms with Crippen molar-refractivity contribution >= 4 is 0 Å². The summed E-state index contributed by atoms with van der Waals surface area (Å²) in [7, 11) is 1.92. The van der Waals surface area contributed by atoms with Crippen LogP contribution in [0, 0.1) is 0 Å². The largest absolute Gasteiger partial charge is 0.323 e. The molecular weight excluding hydrogens is 200 g/mol. The Labute approximate surface area is 95.1 Å². The Kier molecular flexibility index (Phi) is 3.31. The van der Waals surface area contributed by atoms with Gasteiger partial charge in [0.1, 0.15) is 0 Å². The summed E-state index contributed by atoms with van der Waals surface area (Å²) in [4.78, 5) is 4.25. The van der Waals surface area contributed by atoms with Crippen molar-refractivity contribution < 1.29 is 0 Å². The molecule has 84 valence electrons. The maximum Gasteiger partial charge on any atom is 0.0571 e. The molecule has 0 aliphatic heterocycles. The van der Waals surface area contributed by atoms with Crippen LogP contribution in [0.15, 0.2) is 36.8 Å². The number of hydrogen-bond acceptors (Lipinski definition) is 3. The van der Waals surface area contributed by atoms with Gasteiger partial charge in [0.25, 0.3) is 0 Å². The van der Waals surface area contributed by atoms with Crippen molar-refractivity contribution in [3.05, 3.63) is 48.0 Å². The molecule has 0 bridgehead atoms. The van der Waals surface area contributed by atoms with Gasteiger partial charge in [-0.25, -0.2) is 0 Å². The van der Waals surface area contributed by atoms with Crippen molar-refractivity contribution in [1.29, 1.82) is 0 Å². The average molecular weight is 216 g/mol. The summed E-state index contributed by atoms with van der Waals surface area (Å²) >= 11 is 0. The van der Waals surface area contributed by atoms with Crippen LogP contribution in [-0.2, 0) is 13.5 Å². The molecule has 0 aromatic carbocycles. The molecule has 1 unspecified atom stereocenters. The zero-order valence-electron chi connectivity index (χ0n) is 9.37. The first-order valence-electron chi connectivity index (χ1n) is 5.40. The lowest BCUT2D eigenvalue weighted by Crippen LogP contribution is -2.12. The van der Waals surface area contributed by atoms with Crippen LogP contribution in [0.1, 0.15) is 23.7 Å². The second-order valence-corrected chi connectivity index (χ2v) is 3.92. The summed E-state index contributed by atoms with van der Waals surface area (Å²) in [5.41, 5.74) is 8.23. The first-order chi connectivity index (χ1) is 7.75. The SMILES string of the molecule is Cn1cc(CCC(N)c2ccccn2)cn1. The van der Waals surface area contributed by atoms with E-state index >= 15 is 0 Å². The fraction of sp³-hybridized carbons (Fsp3) is 0.333. The molecule has 1 atom stereocenters. The summed E-state index contributed by atoms with van der Waals surface area (Å²) in [6.07, 6.45) is 7.50. The van der Waals surface area contributed by atoms with Crippen LogP contribution >= 0.6 is 0 Å². The summed E-state index contributed by atoms with van der Waals surface area (Å²) in [5.74, 6) is 0. The Hall–Kier alpha value is -1.68. The number of nitrogens with zero attached hydrogens (tertiary/aromatic N) is 3. The monoisotopic (exact) mass is 216 g/mol. The number of hydrogen-bond donors (Lipinski definition) is 1. The van der Waals surface area contributed by atoms with Crippen LogP contribution in [0.5, 0.6) is 0 Å². The molecule has 2 N–H and O–H groups in total. The van der Waals surface area contributed by atoms with Crippen molar-refractivity contribution in [2.24, 2.45) is 12.8 Å². The number of aromatic nitrogens is 3. The third-order valence-corrected chi connectivity index (χ3v) is 2.57.